The van der Waals surface area contributed by atoms with E-state index in [1.807, 2.05) is 18.7 Å². The number of hydrogen-bond acceptors (Lipinski definition) is 3. The SMILES string of the molecule is CC(C)N(CCC(=O)O)C(=O)N1CCN(C(C)(C)C)CC1. The Morgan fingerprint density at radius 1 is 1.14 bits per heavy atom. The van der Waals surface area contributed by atoms with Crippen LogP contribution >= 0.6 is 0 Å². The van der Waals surface area contributed by atoms with Gasteiger partial charge in [0.05, 0.1) is 6.42 Å². The third-order valence-electron chi connectivity index (χ3n) is 3.93. The molecule has 0 unspecified atom stereocenters. The van der Waals surface area contributed by atoms with Crippen LogP contribution in [0.2, 0.25) is 0 Å². The molecule has 1 saturated heterocycles. The Morgan fingerprint density at radius 3 is 2.05 bits per heavy atom. The summed E-state index contributed by atoms with van der Waals surface area (Å²) >= 11 is 0. The van der Waals surface area contributed by atoms with Crippen LogP contribution in [0.3, 0.4) is 0 Å². The third kappa shape index (κ3) is 5.19. The molecule has 0 saturated carbocycles. The zero-order valence-corrected chi connectivity index (χ0v) is 13.9. The molecule has 0 spiro atoms. The van der Waals surface area contributed by atoms with Crippen LogP contribution in [0.15, 0.2) is 0 Å². The van der Waals surface area contributed by atoms with E-state index < -0.39 is 5.97 Å². The lowest BCUT2D eigenvalue weighted by molar-refractivity contribution is -0.137. The summed E-state index contributed by atoms with van der Waals surface area (Å²) in [6.45, 7) is 13.8. The second kappa shape index (κ2) is 7.11. The number of carbonyl (C=O) groups excluding carboxylic acids is 1. The van der Waals surface area contributed by atoms with Crippen molar-refractivity contribution in [2.45, 2.75) is 52.6 Å². The Kier molecular flexibility index (Phi) is 6.01. The highest BCUT2D eigenvalue weighted by atomic mass is 16.4. The van der Waals surface area contributed by atoms with E-state index in [0.717, 1.165) is 13.1 Å². The van der Waals surface area contributed by atoms with Crippen LogP contribution in [-0.4, -0.2) is 76.1 Å². The van der Waals surface area contributed by atoms with Gasteiger partial charge in [-0.1, -0.05) is 0 Å². The maximum Gasteiger partial charge on any atom is 0.320 e. The second-order valence-electron chi connectivity index (χ2n) is 6.86. The fourth-order valence-corrected chi connectivity index (χ4v) is 2.54. The van der Waals surface area contributed by atoms with E-state index in [1.54, 1.807) is 4.90 Å². The zero-order chi connectivity index (χ0) is 16.2. The predicted octanol–water partition coefficient (Wildman–Crippen LogP) is 1.71. The summed E-state index contributed by atoms with van der Waals surface area (Å²) in [6.07, 6.45) is -0.00806. The number of aliphatic carboxylic acids is 1. The van der Waals surface area contributed by atoms with E-state index in [1.165, 1.54) is 0 Å². The second-order valence-corrected chi connectivity index (χ2v) is 6.86. The summed E-state index contributed by atoms with van der Waals surface area (Å²) in [5.41, 5.74) is 0.121. The van der Waals surface area contributed by atoms with Crippen LogP contribution in [0.1, 0.15) is 41.0 Å². The summed E-state index contributed by atoms with van der Waals surface area (Å²) in [5.74, 6) is -0.869. The first kappa shape index (κ1) is 17.8. The predicted molar refractivity (Wildman–Crippen MR) is 82.4 cm³/mol. The van der Waals surface area contributed by atoms with Gasteiger partial charge >= 0.3 is 12.0 Å². The number of rotatable bonds is 4. The average molecular weight is 299 g/mol. The zero-order valence-electron chi connectivity index (χ0n) is 13.9. The molecular weight excluding hydrogens is 270 g/mol. The van der Waals surface area contributed by atoms with Crippen LogP contribution in [0.25, 0.3) is 0 Å². The van der Waals surface area contributed by atoms with Crippen molar-refractivity contribution >= 4 is 12.0 Å². The molecule has 1 heterocycles. The lowest BCUT2D eigenvalue weighted by Gasteiger charge is -2.43. The molecular formula is C15H29N3O3. The minimum absolute atomic E-state index is 0.00806. The van der Waals surface area contributed by atoms with E-state index >= 15 is 0 Å². The number of carbonyl (C=O) groups is 2. The van der Waals surface area contributed by atoms with Crippen molar-refractivity contribution in [2.24, 2.45) is 0 Å². The Hall–Kier alpha value is -1.30. The summed E-state index contributed by atoms with van der Waals surface area (Å²) in [7, 11) is 0. The number of piperazine rings is 1. The Bertz CT molecular complexity index is 369. The molecule has 1 aliphatic rings. The number of urea groups is 1. The van der Waals surface area contributed by atoms with E-state index in [4.69, 9.17) is 5.11 Å². The smallest absolute Gasteiger partial charge is 0.320 e. The molecule has 0 bridgehead atoms. The van der Waals surface area contributed by atoms with Crippen molar-refractivity contribution in [3.63, 3.8) is 0 Å². The Labute approximate surface area is 127 Å². The number of carboxylic acids is 1. The number of amides is 2. The van der Waals surface area contributed by atoms with Crippen LogP contribution in [-0.2, 0) is 4.79 Å². The maximum atomic E-state index is 12.5. The van der Waals surface area contributed by atoms with Crippen molar-refractivity contribution in [1.29, 1.82) is 0 Å². The molecule has 1 rings (SSSR count). The molecule has 1 fully saturated rings. The van der Waals surface area contributed by atoms with Gasteiger partial charge in [0.15, 0.2) is 0 Å². The molecule has 6 nitrogen and oxygen atoms in total. The quantitative estimate of drug-likeness (QED) is 0.858. The lowest BCUT2D eigenvalue weighted by Crippen LogP contribution is -2.57. The van der Waals surface area contributed by atoms with Gasteiger partial charge in [-0.05, 0) is 34.6 Å². The highest BCUT2D eigenvalue weighted by Crippen LogP contribution is 2.17. The van der Waals surface area contributed by atoms with Crippen LogP contribution < -0.4 is 0 Å². The van der Waals surface area contributed by atoms with Gasteiger partial charge in [-0.25, -0.2) is 4.79 Å². The number of carboxylic acid groups (broad SMARTS) is 1. The van der Waals surface area contributed by atoms with Gasteiger partial charge in [0.25, 0.3) is 0 Å². The van der Waals surface area contributed by atoms with Crippen molar-refractivity contribution in [3.05, 3.63) is 0 Å². The van der Waals surface area contributed by atoms with E-state index in [2.05, 4.69) is 25.7 Å². The third-order valence-corrected chi connectivity index (χ3v) is 3.93. The van der Waals surface area contributed by atoms with Gasteiger partial charge in [-0.15, -0.1) is 0 Å². The van der Waals surface area contributed by atoms with E-state index in [0.29, 0.717) is 13.1 Å². The molecule has 6 heteroatoms. The normalized spacial score (nSPS) is 17.1. The molecule has 0 atom stereocenters. The van der Waals surface area contributed by atoms with Gasteiger partial charge < -0.3 is 14.9 Å². The monoisotopic (exact) mass is 299 g/mol. The van der Waals surface area contributed by atoms with Gasteiger partial charge in [0.1, 0.15) is 0 Å². The van der Waals surface area contributed by atoms with Crippen molar-refractivity contribution in [2.75, 3.05) is 32.7 Å². The van der Waals surface area contributed by atoms with E-state index in [9.17, 15) is 9.59 Å². The highest BCUT2D eigenvalue weighted by molar-refractivity contribution is 5.76. The Balaban J connectivity index is 2.59. The molecule has 0 aromatic carbocycles. The van der Waals surface area contributed by atoms with Gasteiger partial charge in [0, 0.05) is 44.3 Å². The minimum atomic E-state index is -0.869. The molecule has 0 aliphatic carbocycles. The molecule has 1 aliphatic heterocycles. The van der Waals surface area contributed by atoms with Crippen molar-refractivity contribution < 1.29 is 14.7 Å². The maximum absolute atomic E-state index is 12.5. The van der Waals surface area contributed by atoms with Crippen LogP contribution in [0.5, 0.6) is 0 Å². The van der Waals surface area contributed by atoms with Crippen molar-refractivity contribution in [1.82, 2.24) is 14.7 Å². The standard InChI is InChI=1S/C15H29N3O3/c1-12(2)18(7-6-13(19)20)14(21)16-8-10-17(11-9-16)15(3,4)5/h12H,6-11H2,1-5H3,(H,19,20). The first-order chi connectivity index (χ1) is 9.62. The largest absolute Gasteiger partial charge is 0.481 e. The molecule has 122 valence electrons. The van der Waals surface area contributed by atoms with Crippen molar-refractivity contribution in [3.8, 4) is 0 Å². The molecule has 0 aromatic rings. The average Bonchev–Trinajstić information content (AvgIpc) is 2.37. The van der Waals surface area contributed by atoms with Gasteiger partial charge in [0.2, 0.25) is 0 Å². The molecule has 0 aromatic heterocycles. The summed E-state index contributed by atoms with van der Waals surface area (Å²) in [6, 6.07) is -0.0303. The first-order valence-electron chi connectivity index (χ1n) is 7.65. The minimum Gasteiger partial charge on any atom is -0.481 e. The van der Waals surface area contributed by atoms with Gasteiger partial charge in [-0.2, -0.15) is 0 Å². The fourth-order valence-electron chi connectivity index (χ4n) is 2.54. The summed E-state index contributed by atoms with van der Waals surface area (Å²) in [4.78, 5) is 29.1. The number of hydrogen-bond donors (Lipinski definition) is 1. The molecule has 0 radical (unpaired) electrons. The topological polar surface area (TPSA) is 64.1 Å². The Morgan fingerprint density at radius 2 is 1.67 bits per heavy atom. The highest BCUT2D eigenvalue weighted by Gasteiger charge is 2.30. The van der Waals surface area contributed by atoms with Crippen LogP contribution in [0, 0.1) is 0 Å². The van der Waals surface area contributed by atoms with Gasteiger partial charge in [-0.3, -0.25) is 9.69 Å². The lowest BCUT2D eigenvalue weighted by atomic mass is 10.1. The van der Waals surface area contributed by atoms with E-state index in [-0.39, 0.29) is 30.6 Å². The summed E-state index contributed by atoms with van der Waals surface area (Å²) < 4.78 is 0. The molecule has 21 heavy (non-hydrogen) atoms. The number of nitrogens with zero attached hydrogens (tertiary/aromatic N) is 3. The fraction of sp³-hybridized carbons (Fsp3) is 0.867. The molecule has 2 amide bonds. The molecule has 1 N–H and O–H groups in total. The van der Waals surface area contributed by atoms with Crippen LogP contribution in [0.4, 0.5) is 4.79 Å². The first-order valence-corrected chi connectivity index (χ1v) is 7.65. The summed E-state index contributed by atoms with van der Waals surface area (Å²) in [5, 5.41) is 8.80.